The molecule has 0 amide bonds. The standard InChI is InChI=1S/C15H17Cl2NO2S/c1-10(15-3-2-6-21-15)18-8-12(19)9-20-14-7-11(16)4-5-13(14)17/h2-7,10,12,18-19H,8-9H2,1H3/t10-,12?/m1/s1. The molecule has 2 aromatic rings. The van der Waals surface area contributed by atoms with E-state index in [4.69, 9.17) is 27.9 Å². The molecule has 114 valence electrons. The van der Waals surface area contributed by atoms with Gasteiger partial charge in [-0.3, -0.25) is 0 Å². The lowest BCUT2D eigenvalue weighted by molar-refractivity contribution is 0.104. The predicted octanol–water partition coefficient (Wildman–Crippen LogP) is 4.15. The van der Waals surface area contributed by atoms with Crippen LogP contribution >= 0.6 is 34.5 Å². The molecule has 21 heavy (non-hydrogen) atoms. The van der Waals surface area contributed by atoms with Crippen LogP contribution in [0.1, 0.15) is 17.8 Å². The molecule has 0 bridgehead atoms. The number of nitrogens with one attached hydrogen (secondary N) is 1. The fourth-order valence-electron chi connectivity index (χ4n) is 1.78. The zero-order valence-electron chi connectivity index (χ0n) is 11.6. The van der Waals surface area contributed by atoms with Gasteiger partial charge in [0.1, 0.15) is 18.5 Å². The SMILES string of the molecule is C[C@@H](NCC(O)COc1cc(Cl)ccc1Cl)c1cccs1. The van der Waals surface area contributed by atoms with Gasteiger partial charge in [-0.05, 0) is 30.5 Å². The van der Waals surface area contributed by atoms with E-state index in [1.165, 1.54) is 4.88 Å². The van der Waals surface area contributed by atoms with Gasteiger partial charge in [0, 0.05) is 28.6 Å². The maximum atomic E-state index is 9.96. The van der Waals surface area contributed by atoms with Crippen molar-refractivity contribution in [3.63, 3.8) is 0 Å². The second kappa shape index (κ2) is 8.01. The molecular weight excluding hydrogens is 329 g/mol. The van der Waals surface area contributed by atoms with E-state index in [2.05, 4.69) is 18.3 Å². The van der Waals surface area contributed by atoms with Crippen LogP contribution in [0.2, 0.25) is 10.0 Å². The molecule has 0 fully saturated rings. The number of hydrogen-bond donors (Lipinski definition) is 2. The maximum Gasteiger partial charge on any atom is 0.139 e. The Hall–Kier alpha value is -0.780. The van der Waals surface area contributed by atoms with Gasteiger partial charge in [-0.25, -0.2) is 0 Å². The summed E-state index contributed by atoms with van der Waals surface area (Å²) in [5, 5.41) is 16.3. The van der Waals surface area contributed by atoms with Crippen molar-refractivity contribution >= 4 is 34.5 Å². The summed E-state index contributed by atoms with van der Waals surface area (Å²) in [5.74, 6) is 0.481. The zero-order valence-corrected chi connectivity index (χ0v) is 13.9. The second-order valence-electron chi connectivity index (χ2n) is 4.68. The van der Waals surface area contributed by atoms with Crippen molar-refractivity contribution in [3.05, 3.63) is 50.6 Å². The molecule has 0 radical (unpaired) electrons. The van der Waals surface area contributed by atoms with Crippen LogP contribution in [-0.4, -0.2) is 24.4 Å². The molecule has 3 nitrogen and oxygen atoms in total. The zero-order chi connectivity index (χ0) is 15.2. The van der Waals surface area contributed by atoms with Crippen LogP contribution in [0.25, 0.3) is 0 Å². The van der Waals surface area contributed by atoms with Crippen LogP contribution < -0.4 is 10.1 Å². The number of aliphatic hydroxyl groups is 1. The van der Waals surface area contributed by atoms with Crippen LogP contribution in [0, 0.1) is 0 Å². The first kappa shape index (κ1) is 16.6. The Morgan fingerprint density at radius 2 is 2.14 bits per heavy atom. The van der Waals surface area contributed by atoms with E-state index in [1.807, 2.05) is 11.4 Å². The van der Waals surface area contributed by atoms with Gasteiger partial charge in [-0.1, -0.05) is 29.3 Å². The van der Waals surface area contributed by atoms with Crippen molar-refractivity contribution in [1.82, 2.24) is 5.32 Å². The van der Waals surface area contributed by atoms with Crippen LogP contribution in [0.15, 0.2) is 35.7 Å². The van der Waals surface area contributed by atoms with E-state index in [1.54, 1.807) is 29.5 Å². The van der Waals surface area contributed by atoms with Gasteiger partial charge in [-0.15, -0.1) is 11.3 Å². The maximum absolute atomic E-state index is 9.96. The largest absolute Gasteiger partial charge is 0.489 e. The minimum atomic E-state index is -0.623. The number of ether oxygens (including phenoxy) is 1. The number of thiophene rings is 1. The van der Waals surface area contributed by atoms with Crippen molar-refractivity contribution in [2.24, 2.45) is 0 Å². The van der Waals surface area contributed by atoms with Crippen molar-refractivity contribution in [3.8, 4) is 5.75 Å². The highest BCUT2D eigenvalue weighted by molar-refractivity contribution is 7.10. The molecule has 0 aliphatic rings. The summed E-state index contributed by atoms with van der Waals surface area (Å²) in [4.78, 5) is 1.24. The number of rotatable bonds is 7. The molecule has 1 unspecified atom stereocenters. The van der Waals surface area contributed by atoms with Gasteiger partial charge in [-0.2, -0.15) is 0 Å². The average Bonchev–Trinajstić information content (AvgIpc) is 3.00. The summed E-state index contributed by atoms with van der Waals surface area (Å²) in [6.45, 7) is 2.66. The average molecular weight is 346 g/mol. The first-order valence-corrected chi connectivity index (χ1v) is 8.22. The molecule has 1 aromatic carbocycles. The van der Waals surface area contributed by atoms with E-state index in [0.29, 0.717) is 22.3 Å². The molecule has 0 saturated carbocycles. The summed E-state index contributed by atoms with van der Waals surface area (Å²) in [6.07, 6.45) is -0.623. The Morgan fingerprint density at radius 1 is 1.33 bits per heavy atom. The molecule has 2 atom stereocenters. The Labute approximate surface area is 138 Å². The predicted molar refractivity (Wildman–Crippen MR) is 88.7 cm³/mol. The summed E-state index contributed by atoms with van der Waals surface area (Å²) >= 11 is 13.6. The first-order chi connectivity index (χ1) is 10.1. The van der Waals surface area contributed by atoms with Crippen molar-refractivity contribution < 1.29 is 9.84 Å². The molecule has 2 rings (SSSR count). The van der Waals surface area contributed by atoms with Gasteiger partial charge < -0.3 is 15.2 Å². The van der Waals surface area contributed by atoms with Gasteiger partial charge in [0.25, 0.3) is 0 Å². The lowest BCUT2D eigenvalue weighted by Crippen LogP contribution is -2.32. The smallest absolute Gasteiger partial charge is 0.139 e. The number of halogens is 2. The summed E-state index contributed by atoms with van der Waals surface area (Å²) < 4.78 is 5.50. The molecule has 1 heterocycles. The van der Waals surface area contributed by atoms with Crippen molar-refractivity contribution in [2.45, 2.75) is 19.1 Å². The monoisotopic (exact) mass is 345 g/mol. The van der Waals surface area contributed by atoms with Crippen molar-refractivity contribution in [1.29, 1.82) is 0 Å². The van der Waals surface area contributed by atoms with E-state index in [9.17, 15) is 5.11 Å². The van der Waals surface area contributed by atoms with Gasteiger partial charge in [0.05, 0.1) is 5.02 Å². The van der Waals surface area contributed by atoms with E-state index < -0.39 is 6.10 Å². The van der Waals surface area contributed by atoms with Crippen LogP contribution in [0.5, 0.6) is 5.75 Å². The van der Waals surface area contributed by atoms with Crippen LogP contribution in [-0.2, 0) is 0 Å². The fraction of sp³-hybridized carbons (Fsp3) is 0.333. The van der Waals surface area contributed by atoms with Crippen LogP contribution in [0.4, 0.5) is 0 Å². The number of hydrogen-bond acceptors (Lipinski definition) is 4. The Bertz CT molecular complexity index is 563. The first-order valence-electron chi connectivity index (χ1n) is 6.59. The fourth-order valence-corrected chi connectivity index (χ4v) is 2.88. The highest BCUT2D eigenvalue weighted by Crippen LogP contribution is 2.27. The van der Waals surface area contributed by atoms with Gasteiger partial charge in [0.2, 0.25) is 0 Å². The Morgan fingerprint density at radius 3 is 2.86 bits per heavy atom. The highest BCUT2D eigenvalue weighted by Gasteiger charge is 2.11. The number of benzene rings is 1. The Kier molecular flexibility index (Phi) is 6.33. The second-order valence-corrected chi connectivity index (χ2v) is 6.51. The Balaban J connectivity index is 1.77. The summed E-state index contributed by atoms with van der Waals surface area (Å²) in [6, 6.07) is 9.28. The highest BCUT2D eigenvalue weighted by atomic mass is 35.5. The van der Waals surface area contributed by atoms with Crippen molar-refractivity contribution in [2.75, 3.05) is 13.2 Å². The lowest BCUT2D eigenvalue weighted by Gasteiger charge is -2.17. The minimum absolute atomic E-state index is 0.157. The summed E-state index contributed by atoms with van der Waals surface area (Å²) in [7, 11) is 0. The molecular formula is C15H17Cl2NO2S. The molecule has 0 spiro atoms. The van der Waals surface area contributed by atoms with E-state index in [0.717, 1.165) is 0 Å². The number of aliphatic hydroxyl groups excluding tert-OH is 1. The third-order valence-electron chi connectivity index (χ3n) is 2.95. The third-order valence-corrected chi connectivity index (χ3v) is 4.56. The summed E-state index contributed by atoms with van der Waals surface area (Å²) in [5.41, 5.74) is 0. The van der Waals surface area contributed by atoms with Gasteiger partial charge in [0.15, 0.2) is 0 Å². The topological polar surface area (TPSA) is 41.5 Å². The lowest BCUT2D eigenvalue weighted by atomic mass is 10.2. The van der Waals surface area contributed by atoms with Gasteiger partial charge >= 0.3 is 0 Å². The molecule has 1 aromatic heterocycles. The normalized spacial score (nSPS) is 13.9. The molecule has 0 saturated heterocycles. The van der Waals surface area contributed by atoms with Crippen LogP contribution in [0.3, 0.4) is 0 Å². The van der Waals surface area contributed by atoms with E-state index in [-0.39, 0.29) is 12.6 Å². The molecule has 6 heteroatoms. The molecule has 0 aliphatic heterocycles. The molecule has 0 aliphatic carbocycles. The minimum Gasteiger partial charge on any atom is -0.489 e. The quantitative estimate of drug-likeness (QED) is 0.792. The molecule has 2 N–H and O–H groups in total. The third kappa shape index (κ3) is 5.16. The van der Waals surface area contributed by atoms with E-state index >= 15 is 0 Å².